The molecule has 0 saturated heterocycles. The molecule has 1 aromatic rings. The summed E-state index contributed by atoms with van der Waals surface area (Å²) in [5.41, 5.74) is 1.57. The van der Waals surface area contributed by atoms with Gasteiger partial charge in [-0.3, -0.25) is 0 Å². The van der Waals surface area contributed by atoms with Crippen LogP contribution in [0, 0.1) is 12.7 Å². The van der Waals surface area contributed by atoms with E-state index in [1.807, 2.05) is 6.07 Å². The fourth-order valence-electron chi connectivity index (χ4n) is 1.45. The minimum Gasteiger partial charge on any atom is -0.481 e. The minimum atomic E-state index is -0.181. The molecule has 68 valence electrons. The molecule has 0 spiro atoms. The Labute approximate surface area is 76.1 Å². The summed E-state index contributed by atoms with van der Waals surface area (Å²) in [5, 5.41) is 0. The number of nitrogens with zero attached hydrogens (tertiary/aromatic N) is 1. The summed E-state index contributed by atoms with van der Waals surface area (Å²) >= 11 is 0. The van der Waals surface area contributed by atoms with Gasteiger partial charge >= 0.3 is 0 Å². The predicted molar refractivity (Wildman–Crippen MR) is 48.3 cm³/mol. The van der Waals surface area contributed by atoms with Gasteiger partial charge in [0.2, 0.25) is 0 Å². The number of halogens is 1. The van der Waals surface area contributed by atoms with Gasteiger partial charge < -0.3 is 4.74 Å². The van der Waals surface area contributed by atoms with E-state index in [1.54, 1.807) is 13.0 Å². The Morgan fingerprint density at radius 2 is 2.38 bits per heavy atom. The van der Waals surface area contributed by atoms with Crippen LogP contribution in [0.2, 0.25) is 0 Å². The monoisotopic (exact) mass is 179 g/mol. The van der Waals surface area contributed by atoms with Gasteiger partial charge in [0.05, 0.1) is 0 Å². The minimum absolute atomic E-state index is 0.0318. The molecule has 1 atom stereocenters. The Morgan fingerprint density at radius 3 is 3.08 bits per heavy atom. The Morgan fingerprint density at radius 1 is 1.54 bits per heavy atom. The van der Waals surface area contributed by atoms with Gasteiger partial charge in [0, 0.05) is 0 Å². The van der Waals surface area contributed by atoms with Crippen molar-refractivity contribution >= 4 is 6.40 Å². The van der Waals surface area contributed by atoms with Crippen LogP contribution in [0.1, 0.15) is 17.2 Å². The molecule has 2 nitrogen and oxygen atoms in total. The maximum Gasteiger partial charge on any atom is 0.170 e. The summed E-state index contributed by atoms with van der Waals surface area (Å²) in [5.74, 6) is -0.181. The van der Waals surface area contributed by atoms with Crippen molar-refractivity contribution in [2.75, 3.05) is 6.61 Å². The molecule has 1 aliphatic heterocycles. The molecule has 0 fully saturated rings. The van der Waals surface area contributed by atoms with Gasteiger partial charge in [-0.1, -0.05) is 12.1 Å². The normalized spacial score (nSPS) is 20.3. The van der Waals surface area contributed by atoms with Crippen LogP contribution in [-0.2, 0) is 4.74 Å². The average Bonchev–Trinajstić information content (AvgIpc) is 2.62. The first-order valence-electron chi connectivity index (χ1n) is 4.17. The largest absolute Gasteiger partial charge is 0.481 e. The van der Waals surface area contributed by atoms with Crippen LogP contribution in [0.3, 0.4) is 0 Å². The SMILES string of the molecule is Cc1c(F)cccc1[C@H]1COC=N1. The van der Waals surface area contributed by atoms with E-state index < -0.39 is 0 Å². The molecule has 1 heterocycles. The molecule has 0 aromatic heterocycles. The first-order chi connectivity index (χ1) is 6.29. The average molecular weight is 179 g/mol. The van der Waals surface area contributed by atoms with Crippen LogP contribution in [0.15, 0.2) is 23.2 Å². The number of hydrogen-bond donors (Lipinski definition) is 0. The summed E-state index contributed by atoms with van der Waals surface area (Å²) in [7, 11) is 0. The highest BCUT2D eigenvalue weighted by Gasteiger charge is 2.17. The fourth-order valence-corrected chi connectivity index (χ4v) is 1.45. The highest BCUT2D eigenvalue weighted by Crippen LogP contribution is 2.25. The molecule has 0 unspecified atom stereocenters. The zero-order valence-corrected chi connectivity index (χ0v) is 7.33. The van der Waals surface area contributed by atoms with Crippen molar-refractivity contribution < 1.29 is 9.13 Å². The van der Waals surface area contributed by atoms with Crippen molar-refractivity contribution in [2.45, 2.75) is 13.0 Å². The molecule has 2 rings (SSSR count). The van der Waals surface area contributed by atoms with E-state index in [-0.39, 0.29) is 11.9 Å². The molecule has 1 aromatic carbocycles. The molecular weight excluding hydrogens is 169 g/mol. The van der Waals surface area contributed by atoms with Crippen LogP contribution in [0.4, 0.5) is 4.39 Å². The number of aliphatic imine (C=N–C) groups is 1. The van der Waals surface area contributed by atoms with Crippen molar-refractivity contribution in [3.8, 4) is 0 Å². The lowest BCUT2D eigenvalue weighted by molar-refractivity contribution is 0.330. The van der Waals surface area contributed by atoms with Gasteiger partial charge in [-0.15, -0.1) is 0 Å². The quantitative estimate of drug-likeness (QED) is 0.647. The third kappa shape index (κ3) is 1.41. The third-order valence-electron chi connectivity index (χ3n) is 2.24. The highest BCUT2D eigenvalue weighted by molar-refractivity contribution is 5.50. The second-order valence-electron chi connectivity index (χ2n) is 3.06. The van der Waals surface area contributed by atoms with E-state index in [0.29, 0.717) is 12.2 Å². The topological polar surface area (TPSA) is 21.6 Å². The lowest BCUT2D eigenvalue weighted by Crippen LogP contribution is -2.01. The fraction of sp³-hybridized carbons (Fsp3) is 0.300. The molecule has 0 N–H and O–H groups in total. The van der Waals surface area contributed by atoms with Crippen molar-refractivity contribution in [2.24, 2.45) is 4.99 Å². The number of hydrogen-bond acceptors (Lipinski definition) is 2. The summed E-state index contributed by atoms with van der Waals surface area (Å²) in [4.78, 5) is 4.09. The second kappa shape index (κ2) is 3.17. The molecule has 0 radical (unpaired) electrons. The zero-order valence-electron chi connectivity index (χ0n) is 7.33. The lowest BCUT2D eigenvalue weighted by atomic mass is 10.0. The van der Waals surface area contributed by atoms with Crippen molar-refractivity contribution in [3.05, 3.63) is 35.1 Å². The molecule has 3 heteroatoms. The molecule has 0 amide bonds. The lowest BCUT2D eigenvalue weighted by Gasteiger charge is -2.09. The summed E-state index contributed by atoms with van der Waals surface area (Å²) in [6.07, 6.45) is 1.43. The van der Waals surface area contributed by atoms with Crippen molar-refractivity contribution in [3.63, 3.8) is 0 Å². The van der Waals surface area contributed by atoms with Gasteiger partial charge in [0.15, 0.2) is 6.40 Å². The first kappa shape index (κ1) is 8.23. The maximum absolute atomic E-state index is 13.1. The molecule has 0 saturated carbocycles. The van der Waals surface area contributed by atoms with E-state index >= 15 is 0 Å². The van der Waals surface area contributed by atoms with E-state index in [1.165, 1.54) is 12.5 Å². The van der Waals surface area contributed by atoms with Crippen LogP contribution in [-0.4, -0.2) is 13.0 Å². The Balaban J connectivity index is 2.39. The van der Waals surface area contributed by atoms with E-state index in [2.05, 4.69) is 4.99 Å². The van der Waals surface area contributed by atoms with Gasteiger partial charge in [0.25, 0.3) is 0 Å². The molecule has 0 bridgehead atoms. The van der Waals surface area contributed by atoms with Gasteiger partial charge in [-0.2, -0.15) is 0 Å². The van der Waals surface area contributed by atoms with Crippen LogP contribution < -0.4 is 0 Å². The Bertz CT molecular complexity index is 349. The summed E-state index contributed by atoms with van der Waals surface area (Å²) in [6, 6.07) is 5.01. The Hall–Kier alpha value is -1.38. The van der Waals surface area contributed by atoms with Crippen LogP contribution in [0.25, 0.3) is 0 Å². The Kier molecular flexibility index (Phi) is 2.00. The maximum atomic E-state index is 13.1. The molecule has 1 aliphatic rings. The van der Waals surface area contributed by atoms with Crippen LogP contribution in [0.5, 0.6) is 0 Å². The summed E-state index contributed by atoms with van der Waals surface area (Å²) in [6.45, 7) is 2.28. The van der Waals surface area contributed by atoms with Crippen molar-refractivity contribution in [1.82, 2.24) is 0 Å². The third-order valence-corrected chi connectivity index (χ3v) is 2.24. The van der Waals surface area contributed by atoms with Gasteiger partial charge in [-0.05, 0) is 24.1 Å². The molecule has 0 aliphatic carbocycles. The van der Waals surface area contributed by atoms with Gasteiger partial charge in [-0.25, -0.2) is 9.38 Å². The standard InChI is InChI=1S/C10H10FNO/c1-7-8(3-2-4-9(7)11)10-5-13-6-12-10/h2-4,6,10H,5H2,1H3/t10-/m1/s1. The first-order valence-corrected chi connectivity index (χ1v) is 4.17. The van der Waals surface area contributed by atoms with E-state index in [4.69, 9.17) is 4.74 Å². The number of rotatable bonds is 1. The number of benzene rings is 1. The molecular formula is C10H10FNO. The van der Waals surface area contributed by atoms with E-state index in [0.717, 1.165) is 5.56 Å². The van der Waals surface area contributed by atoms with Crippen molar-refractivity contribution in [1.29, 1.82) is 0 Å². The summed E-state index contributed by atoms with van der Waals surface area (Å²) < 4.78 is 18.1. The van der Waals surface area contributed by atoms with Gasteiger partial charge in [0.1, 0.15) is 18.5 Å². The highest BCUT2D eigenvalue weighted by atomic mass is 19.1. The second-order valence-corrected chi connectivity index (χ2v) is 3.06. The zero-order chi connectivity index (χ0) is 9.26. The van der Waals surface area contributed by atoms with Crippen LogP contribution >= 0.6 is 0 Å². The smallest absolute Gasteiger partial charge is 0.170 e. The molecule has 13 heavy (non-hydrogen) atoms. The predicted octanol–water partition coefficient (Wildman–Crippen LogP) is 2.23. The van der Waals surface area contributed by atoms with E-state index in [9.17, 15) is 4.39 Å². The number of ether oxygens (including phenoxy) is 1.